The molecule has 2 aromatic rings. The van der Waals surface area contributed by atoms with Crippen LogP contribution >= 0.6 is 0 Å². The number of hydrogen-bond donors (Lipinski definition) is 2. The monoisotopic (exact) mass is 385 g/mol. The summed E-state index contributed by atoms with van der Waals surface area (Å²) in [5.41, 5.74) is 3.10. The molecule has 1 heterocycles. The lowest BCUT2D eigenvalue weighted by Gasteiger charge is -2.19. The lowest BCUT2D eigenvalue weighted by Crippen LogP contribution is -2.43. The molecule has 2 rings (SSSR count). The zero-order chi connectivity index (χ0) is 20.5. The molecule has 0 spiro atoms. The van der Waals surface area contributed by atoms with E-state index in [2.05, 4.69) is 41.8 Å². The van der Waals surface area contributed by atoms with Crippen molar-refractivity contribution in [2.75, 3.05) is 20.6 Å². The molecule has 1 aromatic carbocycles. The van der Waals surface area contributed by atoms with Gasteiger partial charge in [-0.25, -0.2) is 4.99 Å². The summed E-state index contributed by atoms with van der Waals surface area (Å²) in [5, 5.41) is 10.7. The molecule has 152 valence electrons. The van der Waals surface area contributed by atoms with Crippen molar-refractivity contribution in [3.8, 4) is 0 Å². The third kappa shape index (κ3) is 5.84. The fourth-order valence-electron chi connectivity index (χ4n) is 2.77. The molecule has 1 amide bonds. The zero-order valence-electron chi connectivity index (χ0n) is 17.5. The predicted octanol–water partition coefficient (Wildman–Crippen LogP) is 2.68. The van der Waals surface area contributed by atoms with Crippen LogP contribution < -0.4 is 10.6 Å². The van der Waals surface area contributed by atoms with Crippen LogP contribution in [0.3, 0.4) is 0 Å². The second kappa shape index (κ2) is 10.5. The SMILES string of the molecule is CCc1noc(CC)c1CN=C(NCC(=O)N(C)C)NC(C)c1ccccc1. The number of likely N-dealkylation sites (N-methyl/N-ethyl adjacent to an activating group) is 1. The molecular formula is C21H31N5O2. The molecular weight excluding hydrogens is 354 g/mol. The fraction of sp³-hybridized carbons (Fsp3) is 0.476. The van der Waals surface area contributed by atoms with Gasteiger partial charge in [-0.2, -0.15) is 0 Å². The number of aromatic nitrogens is 1. The maximum absolute atomic E-state index is 12.0. The van der Waals surface area contributed by atoms with Crippen molar-refractivity contribution < 1.29 is 9.32 Å². The first-order valence-corrected chi connectivity index (χ1v) is 9.72. The molecule has 7 nitrogen and oxygen atoms in total. The number of hydrogen-bond acceptors (Lipinski definition) is 4. The van der Waals surface area contributed by atoms with Gasteiger partial charge in [-0.3, -0.25) is 4.79 Å². The molecule has 0 fully saturated rings. The van der Waals surface area contributed by atoms with Crippen molar-refractivity contribution >= 4 is 11.9 Å². The average Bonchev–Trinajstić information content (AvgIpc) is 3.12. The van der Waals surface area contributed by atoms with Crippen LogP contribution in [0.5, 0.6) is 0 Å². The van der Waals surface area contributed by atoms with Gasteiger partial charge in [-0.05, 0) is 18.9 Å². The Morgan fingerprint density at radius 1 is 1.21 bits per heavy atom. The molecule has 28 heavy (non-hydrogen) atoms. The summed E-state index contributed by atoms with van der Waals surface area (Å²) in [4.78, 5) is 18.2. The minimum atomic E-state index is -0.0182. The van der Waals surface area contributed by atoms with Gasteiger partial charge in [-0.15, -0.1) is 0 Å². The third-order valence-corrected chi connectivity index (χ3v) is 4.56. The highest BCUT2D eigenvalue weighted by Crippen LogP contribution is 2.17. The van der Waals surface area contributed by atoms with Gasteiger partial charge >= 0.3 is 0 Å². The van der Waals surface area contributed by atoms with E-state index >= 15 is 0 Å². The molecule has 1 aromatic heterocycles. The lowest BCUT2D eigenvalue weighted by molar-refractivity contribution is -0.127. The highest BCUT2D eigenvalue weighted by molar-refractivity contribution is 5.86. The van der Waals surface area contributed by atoms with Crippen molar-refractivity contribution in [2.45, 2.75) is 46.2 Å². The van der Waals surface area contributed by atoms with Gasteiger partial charge in [0, 0.05) is 26.1 Å². The number of amides is 1. The highest BCUT2D eigenvalue weighted by Gasteiger charge is 2.15. The number of carbonyl (C=O) groups is 1. The van der Waals surface area contributed by atoms with Crippen LogP contribution in [0.4, 0.5) is 0 Å². The Bertz CT molecular complexity index is 762. The average molecular weight is 386 g/mol. The van der Waals surface area contributed by atoms with Gasteiger partial charge in [0.1, 0.15) is 5.76 Å². The normalized spacial score (nSPS) is 12.5. The maximum Gasteiger partial charge on any atom is 0.241 e. The number of aryl methyl sites for hydroxylation is 2. The first-order valence-electron chi connectivity index (χ1n) is 9.72. The van der Waals surface area contributed by atoms with E-state index in [-0.39, 0.29) is 18.5 Å². The molecule has 7 heteroatoms. The molecule has 1 atom stereocenters. The van der Waals surface area contributed by atoms with Gasteiger partial charge in [0.2, 0.25) is 5.91 Å². The van der Waals surface area contributed by atoms with Gasteiger partial charge in [-0.1, -0.05) is 49.3 Å². The van der Waals surface area contributed by atoms with Crippen molar-refractivity contribution in [3.63, 3.8) is 0 Å². The molecule has 0 bridgehead atoms. The Balaban J connectivity index is 2.18. The van der Waals surface area contributed by atoms with E-state index in [1.165, 1.54) is 0 Å². The summed E-state index contributed by atoms with van der Waals surface area (Å²) < 4.78 is 5.43. The number of benzene rings is 1. The minimum Gasteiger partial charge on any atom is -0.361 e. The van der Waals surface area contributed by atoms with Crippen molar-refractivity contribution in [1.82, 2.24) is 20.7 Å². The Labute approximate surface area is 167 Å². The predicted molar refractivity (Wildman–Crippen MR) is 111 cm³/mol. The van der Waals surface area contributed by atoms with Crippen LogP contribution in [-0.4, -0.2) is 42.6 Å². The van der Waals surface area contributed by atoms with E-state index in [1.54, 1.807) is 19.0 Å². The van der Waals surface area contributed by atoms with E-state index in [4.69, 9.17) is 9.52 Å². The van der Waals surface area contributed by atoms with Crippen LogP contribution in [0.15, 0.2) is 39.8 Å². The van der Waals surface area contributed by atoms with Crippen molar-refractivity contribution in [1.29, 1.82) is 0 Å². The van der Waals surface area contributed by atoms with Crippen LogP contribution in [0.1, 0.15) is 49.4 Å². The summed E-state index contributed by atoms with van der Waals surface area (Å²) in [6, 6.07) is 10.2. The lowest BCUT2D eigenvalue weighted by atomic mass is 10.1. The third-order valence-electron chi connectivity index (χ3n) is 4.56. The van der Waals surface area contributed by atoms with Gasteiger partial charge in [0.15, 0.2) is 5.96 Å². The van der Waals surface area contributed by atoms with Gasteiger partial charge in [0.05, 0.1) is 24.8 Å². The highest BCUT2D eigenvalue weighted by atomic mass is 16.5. The number of guanidine groups is 1. The van der Waals surface area contributed by atoms with Crippen LogP contribution in [0.2, 0.25) is 0 Å². The second-order valence-corrected chi connectivity index (χ2v) is 6.82. The van der Waals surface area contributed by atoms with E-state index in [9.17, 15) is 4.79 Å². The molecule has 0 aliphatic heterocycles. The topological polar surface area (TPSA) is 82.8 Å². The quantitative estimate of drug-likeness (QED) is 0.539. The molecule has 0 saturated carbocycles. The number of carbonyl (C=O) groups excluding carboxylic acids is 1. The minimum absolute atomic E-state index is 0.0182. The van der Waals surface area contributed by atoms with Gasteiger partial charge < -0.3 is 20.1 Å². The standard InChI is InChI=1S/C21H31N5O2/c1-6-18-17(19(7-2)28-25-18)13-22-21(23-14-20(27)26(4)5)24-15(3)16-11-9-8-10-12-16/h8-12,15H,6-7,13-14H2,1-5H3,(H2,22,23,24). The molecule has 1 unspecified atom stereocenters. The molecule has 0 aliphatic rings. The summed E-state index contributed by atoms with van der Waals surface area (Å²) in [7, 11) is 3.47. The van der Waals surface area contributed by atoms with Crippen molar-refractivity contribution in [3.05, 3.63) is 52.9 Å². The molecule has 0 radical (unpaired) electrons. The fourth-order valence-corrected chi connectivity index (χ4v) is 2.77. The molecule has 0 aliphatic carbocycles. The number of nitrogens with one attached hydrogen (secondary N) is 2. The maximum atomic E-state index is 12.0. The van der Waals surface area contributed by atoms with E-state index in [0.29, 0.717) is 12.5 Å². The summed E-state index contributed by atoms with van der Waals surface area (Å²) in [6.07, 6.45) is 1.57. The van der Waals surface area contributed by atoms with E-state index < -0.39 is 0 Å². The van der Waals surface area contributed by atoms with E-state index in [0.717, 1.165) is 35.4 Å². The largest absolute Gasteiger partial charge is 0.361 e. The number of nitrogens with zero attached hydrogens (tertiary/aromatic N) is 3. The molecule has 0 saturated heterocycles. The Morgan fingerprint density at radius 3 is 2.54 bits per heavy atom. The second-order valence-electron chi connectivity index (χ2n) is 6.82. The Morgan fingerprint density at radius 2 is 1.93 bits per heavy atom. The first-order chi connectivity index (χ1) is 13.5. The number of aliphatic imine (C=N–C) groups is 1. The van der Waals surface area contributed by atoms with Crippen LogP contribution in [-0.2, 0) is 24.2 Å². The number of rotatable bonds is 8. The Kier molecular flexibility index (Phi) is 8.04. The summed E-state index contributed by atoms with van der Waals surface area (Å²) in [6.45, 7) is 6.77. The van der Waals surface area contributed by atoms with Crippen LogP contribution in [0.25, 0.3) is 0 Å². The van der Waals surface area contributed by atoms with Crippen LogP contribution in [0, 0.1) is 0 Å². The summed E-state index contributed by atoms with van der Waals surface area (Å²) >= 11 is 0. The smallest absolute Gasteiger partial charge is 0.241 e. The van der Waals surface area contributed by atoms with Gasteiger partial charge in [0.25, 0.3) is 0 Å². The zero-order valence-corrected chi connectivity index (χ0v) is 17.5. The van der Waals surface area contributed by atoms with E-state index in [1.807, 2.05) is 25.1 Å². The Hall–Kier alpha value is -2.83. The first kappa shape index (κ1) is 21.5. The van der Waals surface area contributed by atoms with Crippen molar-refractivity contribution in [2.24, 2.45) is 4.99 Å². The molecule has 2 N–H and O–H groups in total. The summed E-state index contributed by atoms with van der Waals surface area (Å²) in [5.74, 6) is 1.42.